The zero-order valence-corrected chi connectivity index (χ0v) is 10.5. The Morgan fingerprint density at radius 1 is 1.40 bits per heavy atom. The summed E-state index contributed by atoms with van der Waals surface area (Å²) in [6, 6.07) is 0. The van der Waals surface area contributed by atoms with Crippen LogP contribution in [0.2, 0.25) is 0 Å². The number of amides is 1. The SMILES string of the molecule is CCC(CC)C(=O)N1CCNC(C)(C)C1. The molecule has 1 rings (SSSR count). The quantitative estimate of drug-likeness (QED) is 0.771. The Bertz CT molecular complexity index is 222. The van der Waals surface area contributed by atoms with Gasteiger partial charge >= 0.3 is 0 Å². The van der Waals surface area contributed by atoms with Crippen LogP contribution < -0.4 is 5.32 Å². The topological polar surface area (TPSA) is 32.3 Å². The highest BCUT2D eigenvalue weighted by atomic mass is 16.2. The lowest BCUT2D eigenvalue weighted by molar-refractivity contribution is -0.137. The number of hydrogen-bond acceptors (Lipinski definition) is 2. The first kappa shape index (κ1) is 12.5. The first-order valence-electron chi connectivity index (χ1n) is 6.04. The molecule has 3 heteroatoms. The van der Waals surface area contributed by atoms with Crippen LogP contribution in [0.25, 0.3) is 0 Å². The average Bonchev–Trinajstić information content (AvgIpc) is 2.18. The molecule has 0 atom stereocenters. The molecule has 0 aliphatic carbocycles. The summed E-state index contributed by atoms with van der Waals surface area (Å²) < 4.78 is 0. The number of hydrogen-bond donors (Lipinski definition) is 1. The van der Waals surface area contributed by atoms with Gasteiger partial charge in [-0.1, -0.05) is 13.8 Å². The molecule has 0 aromatic carbocycles. The summed E-state index contributed by atoms with van der Waals surface area (Å²) in [5.41, 5.74) is 0.0694. The van der Waals surface area contributed by atoms with Crippen molar-refractivity contribution in [2.24, 2.45) is 5.92 Å². The van der Waals surface area contributed by atoms with Gasteiger partial charge in [0.05, 0.1) is 0 Å². The molecule has 1 aliphatic heterocycles. The van der Waals surface area contributed by atoms with E-state index in [2.05, 4.69) is 33.0 Å². The number of piperazine rings is 1. The normalized spacial score (nSPS) is 20.7. The summed E-state index contributed by atoms with van der Waals surface area (Å²) in [5, 5.41) is 3.42. The zero-order valence-electron chi connectivity index (χ0n) is 10.5. The average molecular weight is 212 g/mol. The maximum atomic E-state index is 12.1. The van der Waals surface area contributed by atoms with Crippen molar-refractivity contribution in [2.75, 3.05) is 19.6 Å². The Balaban J connectivity index is 2.59. The van der Waals surface area contributed by atoms with E-state index in [1.165, 1.54) is 0 Å². The molecule has 1 N–H and O–H groups in total. The Kier molecular flexibility index (Phi) is 4.14. The van der Waals surface area contributed by atoms with Crippen molar-refractivity contribution in [3.05, 3.63) is 0 Å². The Morgan fingerprint density at radius 3 is 2.47 bits per heavy atom. The molecular weight excluding hydrogens is 188 g/mol. The molecule has 0 bridgehead atoms. The maximum absolute atomic E-state index is 12.1. The van der Waals surface area contributed by atoms with Gasteiger partial charge in [0.2, 0.25) is 5.91 Å². The third kappa shape index (κ3) is 3.20. The molecule has 1 saturated heterocycles. The molecule has 1 amide bonds. The summed E-state index contributed by atoms with van der Waals surface area (Å²) in [6.07, 6.45) is 1.92. The molecule has 0 unspecified atom stereocenters. The molecule has 0 saturated carbocycles. The van der Waals surface area contributed by atoms with Crippen LogP contribution in [0.3, 0.4) is 0 Å². The minimum Gasteiger partial charge on any atom is -0.339 e. The predicted octanol–water partition coefficient (Wildman–Crippen LogP) is 1.63. The fraction of sp³-hybridized carbons (Fsp3) is 0.917. The van der Waals surface area contributed by atoms with Crippen LogP contribution in [0.1, 0.15) is 40.5 Å². The van der Waals surface area contributed by atoms with Crippen LogP contribution in [-0.2, 0) is 4.79 Å². The lowest BCUT2D eigenvalue weighted by Crippen LogP contribution is -2.59. The molecular formula is C12H24N2O. The van der Waals surface area contributed by atoms with E-state index in [0.29, 0.717) is 5.91 Å². The van der Waals surface area contributed by atoms with Gasteiger partial charge < -0.3 is 10.2 Å². The standard InChI is InChI=1S/C12H24N2O/c1-5-10(6-2)11(15)14-8-7-13-12(3,4)9-14/h10,13H,5-9H2,1-4H3. The van der Waals surface area contributed by atoms with Crippen LogP contribution in [-0.4, -0.2) is 36.0 Å². The second-order valence-electron chi connectivity index (χ2n) is 5.08. The molecule has 88 valence electrons. The summed E-state index contributed by atoms with van der Waals surface area (Å²) in [6.45, 7) is 11.1. The van der Waals surface area contributed by atoms with Crippen LogP contribution in [0.5, 0.6) is 0 Å². The summed E-state index contributed by atoms with van der Waals surface area (Å²) >= 11 is 0. The third-order valence-corrected chi connectivity index (χ3v) is 3.22. The molecule has 15 heavy (non-hydrogen) atoms. The molecule has 1 fully saturated rings. The van der Waals surface area contributed by atoms with Gasteiger partial charge in [0.25, 0.3) is 0 Å². The van der Waals surface area contributed by atoms with Gasteiger partial charge in [0, 0.05) is 31.1 Å². The van der Waals surface area contributed by atoms with E-state index in [9.17, 15) is 4.79 Å². The highest BCUT2D eigenvalue weighted by Crippen LogP contribution is 2.16. The van der Waals surface area contributed by atoms with E-state index < -0.39 is 0 Å². The van der Waals surface area contributed by atoms with Crippen molar-refractivity contribution in [1.82, 2.24) is 10.2 Å². The van der Waals surface area contributed by atoms with Crippen LogP contribution >= 0.6 is 0 Å². The third-order valence-electron chi connectivity index (χ3n) is 3.22. The van der Waals surface area contributed by atoms with Crippen molar-refractivity contribution >= 4 is 5.91 Å². The largest absolute Gasteiger partial charge is 0.339 e. The van der Waals surface area contributed by atoms with E-state index in [0.717, 1.165) is 32.5 Å². The molecule has 0 spiro atoms. The van der Waals surface area contributed by atoms with Crippen LogP contribution in [0, 0.1) is 5.92 Å². The fourth-order valence-corrected chi connectivity index (χ4v) is 2.23. The molecule has 0 aromatic rings. The molecule has 1 heterocycles. The number of carbonyl (C=O) groups is 1. The number of rotatable bonds is 3. The molecule has 3 nitrogen and oxygen atoms in total. The number of carbonyl (C=O) groups excluding carboxylic acids is 1. The minimum absolute atomic E-state index is 0.0694. The van der Waals surface area contributed by atoms with Gasteiger partial charge in [0.15, 0.2) is 0 Å². The molecule has 0 aromatic heterocycles. The minimum atomic E-state index is 0.0694. The van der Waals surface area contributed by atoms with E-state index in [4.69, 9.17) is 0 Å². The van der Waals surface area contributed by atoms with Crippen molar-refractivity contribution < 1.29 is 4.79 Å². The van der Waals surface area contributed by atoms with Crippen molar-refractivity contribution in [3.8, 4) is 0 Å². The van der Waals surface area contributed by atoms with Gasteiger partial charge in [-0.3, -0.25) is 4.79 Å². The Labute approximate surface area is 93.2 Å². The van der Waals surface area contributed by atoms with E-state index in [1.807, 2.05) is 4.90 Å². The number of nitrogens with zero attached hydrogens (tertiary/aromatic N) is 1. The van der Waals surface area contributed by atoms with Crippen molar-refractivity contribution in [3.63, 3.8) is 0 Å². The fourth-order valence-electron chi connectivity index (χ4n) is 2.23. The van der Waals surface area contributed by atoms with Crippen LogP contribution in [0.4, 0.5) is 0 Å². The Hall–Kier alpha value is -0.570. The van der Waals surface area contributed by atoms with Gasteiger partial charge in [0.1, 0.15) is 0 Å². The second-order valence-corrected chi connectivity index (χ2v) is 5.08. The summed E-state index contributed by atoms with van der Waals surface area (Å²) in [5.74, 6) is 0.563. The predicted molar refractivity (Wildman–Crippen MR) is 62.7 cm³/mol. The lowest BCUT2D eigenvalue weighted by Gasteiger charge is -2.40. The highest BCUT2D eigenvalue weighted by molar-refractivity contribution is 5.79. The molecule has 1 aliphatic rings. The summed E-state index contributed by atoms with van der Waals surface area (Å²) in [4.78, 5) is 14.2. The zero-order chi connectivity index (χ0) is 11.5. The first-order chi connectivity index (χ1) is 7.00. The van der Waals surface area contributed by atoms with Gasteiger partial charge in [-0.05, 0) is 26.7 Å². The summed E-state index contributed by atoms with van der Waals surface area (Å²) in [7, 11) is 0. The van der Waals surface area contributed by atoms with Gasteiger partial charge in [-0.15, -0.1) is 0 Å². The van der Waals surface area contributed by atoms with Gasteiger partial charge in [-0.2, -0.15) is 0 Å². The monoisotopic (exact) mass is 212 g/mol. The second kappa shape index (κ2) is 4.97. The van der Waals surface area contributed by atoms with Gasteiger partial charge in [-0.25, -0.2) is 0 Å². The van der Waals surface area contributed by atoms with E-state index in [-0.39, 0.29) is 11.5 Å². The molecule has 0 radical (unpaired) electrons. The lowest BCUT2D eigenvalue weighted by atomic mass is 9.97. The Morgan fingerprint density at radius 2 is 2.00 bits per heavy atom. The van der Waals surface area contributed by atoms with E-state index >= 15 is 0 Å². The van der Waals surface area contributed by atoms with Crippen molar-refractivity contribution in [2.45, 2.75) is 46.1 Å². The smallest absolute Gasteiger partial charge is 0.225 e. The number of nitrogens with one attached hydrogen (secondary N) is 1. The maximum Gasteiger partial charge on any atom is 0.225 e. The van der Waals surface area contributed by atoms with E-state index in [1.54, 1.807) is 0 Å². The first-order valence-corrected chi connectivity index (χ1v) is 6.04. The van der Waals surface area contributed by atoms with Crippen LogP contribution in [0.15, 0.2) is 0 Å². The highest BCUT2D eigenvalue weighted by Gasteiger charge is 2.30. The van der Waals surface area contributed by atoms with Crippen molar-refractivity contribution in [1.29, 1.82) is 0 Å².